The number of rotatable bonds is 3. The second kappa shape index (κ2) is 6.01. The van der Waals surface area contributed by atoms with Gasteiger partial charge in [-0.1, -0.05) is 30.3 Å². The van der Waals surface area contributed by atoms with Gasteiger partial charge in [0.25, 0.3) is 0 Å². The van der Waals surface area contributed by atoms with Gasteiger partial charge in [0.05, 0.1) is 17.4 Å². The molecule has 5 rings (SSSR count). The molecule has 1 saturated heterocycles. The van der Waals surface area contributed by atoms with E-state index in [0.29, 0.717) is 5.92 Å². The third-order valence-electron chi connectivity index (χ3n) is 5.37. The van der Waals surface area contributed by atoms with Gasteiger partial charge in [-0.25, -0.2) is 4.98 Å². The van der Waals surface area contributed by atoms with Crippen molar-refractivity contribution >= 4 is 21.9 Å². The summed E-state index contributed by atoms with van der Waals surface area (Å²) in [4.78, 5) is 10.7. The van der Waals surface area contributed by atoms with Crippen LogP contribution in [0.5, 0.6) is 0 Å². The van der Waals surface area contributed by atoms with Gasteiger partial charge >= 0.3 is 0 Å². The van der Waals surface area contributed by atoms with Crippen LogP contribution in [0.3, 0.4) is 0 Å². The van der Waals surface area contributed by atoms with Crippen molar-refractivity contribution in [3.05, 3.63) is 60.0 Å². The molecule has 5 nitrogen and oxygen atoms in total. The Kier molecular flexibility index (Phi) is 3.52. The van der Waals surface area contributed by atoms with Crippen molar-refractivity contribution in [2.75, 3.05) is 13.1 Å². The zero-order valence-corrected chi connectivity index (χ0v) is 14.1. The highest BCUT2D eigenvalue weighted by molar-refractivity contribution is 6.04. The van der Waals surface area contributed by atoms with Crippen LogP contribution in [0.25, 0.3) is 21.9 Å². The molecule has 0 atom stereocenters. The highest BCUT2D eigenvalue weighted by Crippen LogP contribution is 2.34. The number of fused-ring (bicyclic) bond motifs is 3. The van der Waals surface area contributed by atoms with Crippen LogP contribution in [0.4, 0.5) is 0 Å². The number of benzene rings is 1. The molecule has 25 heavy (non-hydrogen) atoms. The van der Waals surface area contributed by atoms with Crippen molar-refractivity contribution < 1.29 is 0 Å². The van der Waals surface area contributed by atoms with Gasteiger partial charge in [-0.2, -0.15) is 5.10 Å². The minimum atomic E-state index is 0.489. The monoisotopic (exact) mass is 331 g/mol. The minimum Gasteiger partial charge on any atom is -0.346 e. The lowest BCUT2D eigenvalue weighted by atomic mass is 9.91. The van der Waals surface area contributed by atoms with E-state index in [2.05, 4.69) is 56.5 Å². The molecule has 4 heterocycles. The largest absolute Gasteiger partial charge is 0.346 e. The van der Waals surface area contributed by atoms with Crippen LogP contribution in [0, 0.1) is 0 Å². The molecule has 4 aromatic rings. The van der Waals surface area contributed by atoms with E-state index in [9.17, 15) is 0 Å². The highest BCUT2D eigenvalue weighted by Gasteiger charge is 2.25. The van der Waals surface area contributed by atoms with Crippen LogP contribution in [-0.2, 0) is 6.54 Å². The lowest BCUT2D eigenvalue weighted by molar-refractivity contribution is 0.204. The molecule has 0 radical (unpaired) electrons. The van der Waals surface area contributed by atoms with Crippen LogP contribution < -0.4 is 0 Å². The van der Waals surface area contributed by atoms with Gasteiger partial charge in [-0.3, -0.25) is 10.00 Å². The van der Waals surface area contributed by atoms with Crippen LogP contribution >= 0.6 is 0 Å². The van der Waals surface area contributed by atoms with Crippen LogP contribution in [-0.4, -0.2) is 38.2 Å². The van der Waals surface area contributed by atoms with E-state index in [1.54, 1.807) is 0 Å². The van der Waals surface area contributed by atoms with Crippen LogP contribution in [0.2, 0.25) is 0 Å². The zero-order chi connectivity index (χ0) is 16.6. The van der Waals surface area contributed by atoms with Crippen LogP contribution in [0.1, 0.15) is 30.0 Å². The summed E-state index contributed by atoms with van der Waals surface area (Å²) >= 11 is 0. The Balaban J connectivity index is 1.38. The van der Waals surface area contributed by atoms with E-state index in [1.807, 2.05) is 12.4 Å². The predicted molar refractivity (Wildman–Crippen MR) is 99.4 cm³/mol. The van der Waals surface area contributed by atoms with Crippen molar-refractivity contribution in [1.82, 2.24) is 25.1 Å². The molecule has 3 aromatic heterocycles. The molecule has 1 aliphatic heterocycles. The molecule has 0 unspecified atom stereocenters. The molecule has 1 fully saturated rings. The second-order valence-electron chi connectivity index (χ2n) is 6.93. The number of aromatic amines is 2. The Morgan fingerprint density at radius 3 is 2.72 bits per heavy atom. The first-order valence-corrected chi connectivity index (χ1v) is 8.95. The molecular formula is C20H21N5. The fourth-order valence-electron chi connectivity index (χ4n) is 4.03. The van der Waals surface area contributed by atoms with E-state index >= 15 is 0 Å². The van der Waals surface area contributed by atoms with E-state index in [1.165, 1.54) is 16.6 Å². The van der Waals surface area contributed by atoms with Crippen molar-refractivity contribution in [2.45, 2.75) is 25.3 Å². The lowest BCUT2D eigenvalue weighted by Crippen LogP contribution is -2.32. The van der Waals surface area contributed by atoms with E-state index in [-0.39, 0.29) is 0 Å². The summed E-state index contributed by atoms with van der Waals surface area (Å²) in [7, 11) is 0. The topological polar surface area (TPSA) is 60.6 Å². The summed E-state index contributed by atoms with van der Waals surface area (Å²) in [5.41, 5.74) is 4.63. The van der Waals surface area contributed by atoms with Crippen molar-refractivity contribution in [2.24, 2.45) is 0 Å². The molecule has 1 aromatic carbocycles. The number of likely N-dealkylation sites (tertiary alicyclic amines) is 1. The summed E-state index contributed by atoms with van der Waals surface area (Å²) < 4.78 is 0. The Morgan fingerprint density at radius 1 is 1.04 bits per heavy atom. The standard InChI is InChI=1S/C20H21N5/c1-2-4-14(5-3-1)13-25-10-7-15(8-11-25)18-19-17(12-22-24-19)16-6-9-21-20(16)23-18/h1-6,9,12,15H,7-8,10-11,13H2,(H,21,23)(H,22,24). The van der Waals surface area contributed by atoms with Gasteiger partial charge < -0.3 is 4.98 Å². The number of hydrogen-bond acceptors (Lipinski definition) is 3. The molecule has 0 aliphatic carbocycles. The van der Waals surface area contributed by atoms with Crippen molar-refractivity contribution in [3.8, 4) is 0 Å². The number of nitrogens with zero attached hydrogens (tertiary/aromatic N) is 3. The SMILES string of the molecule is c1ccc(CN2CCC(c3nc4[nH]ccc4c4cn[nH]c34)CC2)cc1. The number of hydrogen-bond donors (Lipinski definition) is 2. The van der Waals surface area contributed by atoms with Gasteiger partial charge in [0.2, 0.25) is 0 Å². The van der Waals surface area contributed by atoms with E-state index in [0.717, 1.165) is 49.0 Å². The Hall–Kier alpha value is -2.66. The maximum Gasteiger partial charge on any atom is 0.138 e. The number of piperidine rings is 1. The van der Waals surface area contributed by atoms with Gasteiger partial charge in [-0.05, 0) is 37.6 Å². The Bertz CT molecular complexity index is 993. The minimum absolute atomic E-state index is 0.489. The first kappa shape index (κ1) is 14.7. The third kappa shape index (κ3) is 2.61. The molecular weight excluding hydrogens is 310 g/mol. The molecule has 0 saturated carbocycles. The maximum absolute atomic E-state index is 4.92. The van der Waals surface area contributed by atoms with Crippen LogP contribution in [0.15, 0.2) is 48.8 Å². The molecule has 1 aliphatic rings. The number of pyridine rings is 1. The predicted octanol–water partition coefficient (Wildman–Crippen LogP) is 3.82. The molecule has 2 N–H and O–H groups in total. The molecule has 0 bridgehead atoms. The summed E-state index contributed by atoms with van der Waals surface area (Å²) in [5, 5.41) is 9.77. The number of nitrogens with one attached hydrogen (secondary N) is 2. The third-order valence-corrected chi connectivity index (χ3v) is 5.37. The molecule has 126 valence electrons. The van der Waals surface area contributed by atoms with Gasteiger partial charge in [0.15, 0.2) is 0 Å². The quantitative estimate of drug-likeness (QED) is 0.600. The normalized spacial score (nSPS) is 16.8. The summed E-state index contributed by atoms with van der Waals surface area (Å²) in [6.07, 6.45) is 6.15. The summed E-state index contributed by atoms with van der Waals surface area (Å²) in [6, 6.07) is 12.8. The first-order chi connectivity index (χ1) is 12.4. The summed E-state index contributed by atoms with van der Waals surface area (Å²) in [5.74, 6) is 0.489. The highest BCUT2D eigenvalue weighted by atomic mass is 15.1. The Labute approximate surface area is 146 Å². The van der Waals surface area contributed by atoms with E-state index < -0.39 is 0 Å². The molecule has 0 amide bonds. The van der Waals surface area contributed by atoms with Gasteiger partial charge in [0.1, 0.15) is 5.65 Å². The van der Waals surface area contributed by atoms with E-state index in [4.69, 9.17) is 4.98 Å². The average molecular weight is 331 g/mol. The van der Waals surface area contributed by atoms with Gasteiger partial charge in [-0.15, -0.1) is 0 Å². The Morgan fingerprint density at radius 2 is 1.88 bits per heavy atom. The number of aromatic nitrogens is 4. The zero-order valence-electron chi connectivity index (χ0n) is 14.1. The second-order valence-corrected chi connectivity index (χ2v) is 6.93. The van der Waals surface area contributed by atoms with Gasteiger partial charge in [0, 0.05) is 29.4 Å². The van der Waals surface area contributed by atoms with Crippen molar-refractivity contribution in [1.29, 1.82) is 0 Å². The summed E-state index contributed by atoms with van der Waals surface area (Å²) in [6.45, 7) is 3.26. The number of H-pyrrole nitrogens is 2. The fraction of sp³-hybridized carbons (Fsp3) is 0.300. The molecule has 5 heteroatoms. The maximum atomic E-state index is 4.92. The first-order valence-electron chi connectivity index (χ1n) is 8.95. The smallest absolute Gasteiger partial charge is 0.138 e. The van der Waals surface area contributed by atoms with Crippen molar-refractivity contribution in [3.63, 3.8) is 0 Å². The fourth-order valence-corrected chi connectivity index (χ4v) is 4.03. The molecule has 0 spiro atoms. The average Bonchev–Trinajstić information content (AvgIpc) is 3.31. The lowest BCUT2D eigenvalue weighted by Gasteiger charge is -2.31.